The second-order valence-corrected chi connectivity index (χ2v) is 7.41. The maximum atomic E-state index is 12.3. The van der Waals surface area contributed by atoms with E-state index in [1.54, 1.807) is 26.0 Å². The normalized spacial score (nSPS) is 19.5. The fourth-order valence-electron chi connectivity index (χ4n) is 2.88. The number of carbonyl (C=O) groups excluding carboxylic acids is 2. The first kappa shape index (κ1) is 23.0. The summed E-state index contributed by atoms with van der Waals surface area (Å²) in [5, 5.41) is 6.26. The van der Waals surface area contributed by atoms with E-state index in [1.807, 2.05) is 0 Å². The van der Waals surface area contributed by atoms with E-state index in [0.717, 1.165) is 0 Å². The minimum Gasteiger partial charge on any atom is -0.493 e. The molecule has 0 radical (unpaired) electrons. The fourth-order valence-corrected chi connectivity index (χ4v) is 3.70. The number of thiocarbonyl (C=S) groups is 1. The highest BCUT2D eigenvalue weighted by atomic mass is 79.9. The summed E-state index contributed by atoms with van der Waals surface area (Å²) in [7, 11) is 2.79. The summed E-state index contributed by atoms with van der Waals surface area (Å²) in [6.07, 6.45) is -0.835. The van der Waals surface area contributed by atoms with Crippen LogP contribution < -0.4 is 20.1 Å². The molecule has 0 aliphatic carbocycles. The minimum atomic E-state index is -0.835. The molecule has 1 saturated heterocycles. The third-order valence-electron chi connectivity index (χ3n) is 4.25. The SMILES string of the molecule is C=C1NC(=S)N[C@@H](c2cc(Br)c(O[C@H](C)C(=O)OCC)c(OC)c2)[C@H]1C(=O)OC. The number of methoxy groups -OCH3 is 2. The molecule has 0 spiro atoms. The van der Waals surface area contributed by atoms with Crippen LogP contribution in [0.5, 0.6) is 11.5 Å². The molecule has 0 aromatic heterocycles. The Morgan fingerprint density at radius 1 is 1.34 bits per heavy atom. The van der Waals surface area contributed by atoms with Crippen LogP contribution in [-0.2, 0) is 19.1 Å². The van der Waals surface area contributed by atoms with Gasteiger partial charge in [0.2, 0.25) is 0 Å². The molecule has 8 nitrogen and oxygen atoms in total. The number of esters is 2. The summed E-state index contributed by atoms with van der Waals surface area (Å²) in [5.41, 5.74) is 1.11. The van der Waals surface area contributed by atoms with Crippen LogP contribution in [-0.4, -0.2) is 44.0 Å². The first-order valence-electron chi connectivity index (χ1n) is 8.78. The average Bonchev–Trinajstić information content (AvgIpc) is 2.68. The Balaban J connectivity index is 2.42. The van der Waals surface area contributed by atoms with Gasteiger partial charge in [-0.05, 0) is 59.7 Å². The quantitative estimate of drug-likeness (QED) is 0.445. The van der Waals surface area contributed by atoms with Crippen LogP contribution in [0.25, 0.3) is 0 Å². The lowest BCUT2D eigenvalue weighted by Gasteiger charge is -2.35. The number of halogens is 1. The van der Waals surface area contributed by atoms with Crippen molar-refractivity contribution >= 4 is 45.2 Å². The van der Waals surface area contributed by atoms with E-state index in [4.69, 9.17) is 31.2 Å². The minimum absolute atomic E-state index is 0.254. The summed E-state index contributed by atoms with van der Waals surface area (Å²) < 4.78 is 21.6. The Bertz CT molecular complexity index is 831. The Hall–Kier alpha value is -2.33. The van der Waals surface area contributed by atoms with E-state index in [2.05, 4.69) is 33.1 Å². The molecule has 1 fully saturated rings. The molecule has 0 bridgehead atoms. The van der Waals surface area contributed by atoms with Crippen molar-refractivity contribution in [2.24, 2.45) is 5.92 Å². The smallest absolute Gasteiger partial charge is 0.347 e. The number of nitrogens with one attached hydrogen (secondary N) is 2. The molecule has 0 unspecified atom stereocenters. The summed E-state index contributed by atoms with van der Waals surface area (Å²) in [4.78, 5) is 24.2. The number of hydrogen-bond acceptors (Lipinski definition) is 7. The number of rotatable bonds is 7. The van der Waals surface area contributed by atoms with Crippen molar-refractivity contribution in [2.45, 2.75) is 26.0 Å². The highest BCUT2D eigenvalue weighted by Crippen LogP contribution is 2.41. The van der Waals surface area contributed by atoms with Crippen molar-refractivity contribution in [3.8, 4) is 11.5 Å². The van der Waals surface area contributed by atoms with Gasteiger partial charge in [0.15, 0.2) is 22.7 Å². The Labute approximate surface area is 183 Å². The topological polar surface area (TPSA) is 95.1 Å². The maximum Gasteiger partial charge on any atom is 0.347 e. The van der Waals surface area contributed by atoms with Crippen LogP contribution in [0, 0.1) is 5.92 Å². The van der Waals surface area contributed by atoms with Crippen molar-refractivity contribution in [2.75, 3.05) is 20.8 Å². The molecule has 0 saturated carbocycles. The predicted octanol–water partition coefficient (Wildman–Crippen LogP) is 2.61. The van der Waals surface area contributed by atoms with Gasteiger partial charge in [0.25, 0.3) is 0 Å². The van der Waals surface area contributed by atoms with Crippen molar-refractivity contribution in [1.82, 2.24) is 10.6 Å². The van der Waals surface area contributed by atoms with Crippen LogP contribution in [0.15, 0.2) is 28.9 Å². The Morgan fingerprint density at radius 2 is 2.03 bits per heavy atom. The van der Waals surface area contributed by atoms with Crippen LogP contribution in [0.1, 0.15) is 25.5 Å². The predicted molar refractivity (Wildman–Crippen MR) is 114 cm³/mol. The summed E-state index contributed by atoms with van der Waals surface area (Å²) in [6.45, 7) is 7.45. The number of hydrogen-bond donors (Lipinski definition) is 2. The monoisotopic (exact) mass is 486 g/mol. The fraction of sp³-hybridized carbons (Fsp3) is 0.421. The molecule has 2 N–H and O–H groups in total. The molecule has 29 heavy (non-hydrogen) atoms. The van der Waals surface area contributed by atoms with Gasteiger partial charge in [-0.1, -0.05) is 6.58 Å². The highest BCUT2D eigenvalue weighted by molar-refractivity contribution is 9.10. The number of ether oxygens (including phenoxy) is 4. The molecule has 1 aliphatic heterocycles. The molecule has 1 aromatic carbocycles. The van der Waals surface area contributed by atoms with Gasteiger partial charge in [-0.2, -0.15) is 0 Å². The Morgan fingerprint density at radius 3 is 2.62 bits per heavy atom. The molecule has 0 amide bonds. The largest absolute Gasteiger partial charge is 0.493 e. The third-order valence-corrected chi connectivity index (χ3v) is 5.06. The second-order valence-electron chi connectivity index (χ2n) is 6.15. The van der Waals surface area contributed by atoms with Crippen molar-refractivity contribution in [3.63, 3.8) is 0 Å². The number of benzene rings is 1. The zero-order valence-electron chi connectivity index (χ0n) is 16.5. The number of carbonyl (C=O) groups is 2. The van der Waals surface area contributed by atoms with Gasteiger partial charge in [-0.3, -0.25) is 4.79 Å². The van der Waals surface area contributed by atoms with Gasteiger partial charge in [-0.15, -0.1) is 0 Å². The van der Waals surface area contributed by atoms with Crippen molar-refractivity contribution < 1.29 is 28.5 Å². The van der Waals surface area contributed by atoms with Gasteiger partial charge in [0, 0.05) is 5.70 Å². The third kappa shape index (κ3) is 5.18. The lowest BCUT2D eigenvalue weighted by atomic mass is 9.89. The molecule has 1 heterocycles. The molecular formula is C19H23BrN2O6S. The first-order chi connectivity index (χ1) is 13.7. The lowest BCUT2D eigenvalue weighted by molar-refractivity contribution is -0.150. The lowest BCUT2D eigenvalue weighted by Crippen LogP contribution is -2.50. The second kappa shape index (κ2) is 9.93. The van der Waals surface area contributed by atoms with Gasteiger partial charge >= 0.3 is 11.9 Å². The van der Waals surface area contributed by atoms with Crippen molar-refractivity contribution in [1.29, 1.82) is 0 Å². The van der Waals surface area contributed by atoms with Gasteiger partial charge < -0.3 is 29.6 Å². The van der Waals surface area contributed by atoms with Crippen LogP contribution in [0.2, 0.25) is 0 Å². The molecule has 1 aromatic rings. The highest BCUT2D eigenvalue weighted by Gasteiger charge is 2.38. The van der Waals surface area contributed by atoms with Gasteiger partial charge in [-0.25, -0.2) is 4.79 Å². The average molecular weight is 487 g/mol. The van der Waals surface area contributed by atoms with E-state index in [0.29, 0.717) is 32.3 Å². The molecule has 10 heteroatoms. The van der Waals surface area contributed by atoms with E-state index < -0.39 is 30.0 Å². The molecule has 1 aliphatic rings. The summed E-state index contributed by atoms with van der Waals surface area (Å²) in [5.74, 6) is -0.965. The van der Waals surface area contributed by atoms with Crippen molar-refractivity contribution in [3.05, 3.63) is 34.4 Å². The zero-order chi connectivity index (χ0) is 21.7. The van der Waals surface area contributed by atoms with E-state index in [9.17, 15) is 9.59 Å². The van der Waals surface area contributed by atoms with Crippen LogP contribution >= 0.6 is 28.1 Å². The van der Waals surface area contributed by atoms with E-state index >= 15 is 0 Å². The maximum absolute atomic E-state index is 12.3. The standard InChI is InChI=1S/C19H23BrN2O6S/c1-6-27-17(23)10(3)28-16-12(20)7-11(8-13(16)25-4)15-14(18(24)26-5)9(2)21-19(29)22-15/h7-8,10,14-15H,2,6H2,1,3-5H3,(H2,21,22,29)/t10-,14+,15+/m1/s1. The summed E-state index contributed by atoms with van der Waals surface area (Å²) >= 11 is 8.67. The molecule has 2 rings (SSSR count). The molecule has 158 valence electrons. The van der Waals surface area contributed by atoms with E-state index in [-0.39, 0.29) is 6.61 Å². The van der Waals surface area contributed by atoms with Crippen LogP contribution in [0.4, 0.5) is 0 Å². The van der Waals surface area contributed by atoms with Crippen LogP contribution in [0.3, 0.4) is 0 Å². The zero-order valence-corrected chi connectivity index (χ0v) is 18.9. The summed E-state index contributed by atoms with van der Waals surface area (Å²) in [6, 6.07) is 2.92. The molecule has 3 atom stereocenters. The molecular weight excluding hydrogens is 464 g/mol. The van der Waals surface area contributed by atoms with Gasteiger partial charge in [0.1, 0.15) is 5.92 Å². The van der Waals surface area contributed by atoms with E-state index in [1.165, 1.54) is 14.2 Å². The Kier molecular flexibility index (Phi) is 7.86. The first-order valence-corrected chi connectivity index (χ1v) is 9.98. The van der Waals surface area contributed by atoms with Gasteiger partial charge in [0.05, 0.1) is 31.3 Å².